The first-order chi connectivity index (χ1) is 3.81. The molecule has 0 bridgehead atoms. The average Bonchev–Trinajstić information content (AvgIpc) is 2.52. The Bertz CT molecular complexity index is 44.9. The molecule has 0 aliphatic heterocycles. The van der Waals surface area contributed by atoms with Gasteiger partial charge in [0.25, 0.3) is 0 Å². The van der Waals surface area contributed by atoms with Crippen LogP contribution in [0.25, 0.3) is 0 Å². The lowest BCUT2D eigenvalue weighted by Gasteiger charge is -1.70. The first-order valence-corrected chi connectivity index (χ1v) is 3.51. The van der Waals surface area contributed by atoms with E-state index < -0.39 is 0 Å². The fraction of sp³-hybridized carbons (Fsp3) is 1.00. The van der Waals surface area contributed by atoms with Gasteiger partial charge in [-0.1, -0.05) is 26.7 Å². The third kappa shape index (κ3) is 23.6. The summed E-state index contributed by atoms with van der Waals surface area (Å²) < 4.78 is 0. The lowest BCUT2D eigenvalue weighted by atomic mass is 10.5. The van der Waals surface area contributed by atoms with Gasteiger partial charge in [0.05, 0.1) is 0 Å². The molecule has 3 heteroatoms. The minimum atomic E-state index is 0. The van der Waals surface area contributed by atoms with Crippen molar-refractivity contribution < 1.29 is 0 Å². The highest BCUT2D eigenvalue weighted by atomic mass is 35.5. The molecule has 1 fully saturated rings. The summed E-state index contributed by atoms with van der Waals surface area (Å²) in [6.45, 7) is 5.15. The standard InChI is InChI=1S/C4H8.C3H9N.2ClH/c1-4-2-3-4;1-2-3-4;;/h4H,2-3H2,1H3;2-4H2,1H3;2*1H. The molecule has 0 heterocycles. The molecule has 1 rings (SSSR count). The normalized spacial score (nSPS) is 13.5. The van der Waals surface area contributed by atoms with Crippen molar-refractivity contribution in [3.8, 4) is 0 Å². The van der Waals surface area contributed by atoms with Gasteiger partial charge in [0.2, 0.25) is 0 Å². The zero-order valence-electron chi connectivity index (χ0n) is 6.80. The second-order valence-corrected chi connectivity index (χ2v) is 2.47. The van der Waals surface area contributed by atoms with Crippen LogP contribution in [0.1, 0.15) is 33.1 Å². The average molecular weight is 188 g/mol. The minimum absolute atomic E-state index is 0. The quantitative estimate of drug-likeness (QED) is 0.672. The van der Waals surface area contributed by atoms with Gasteiger partial charge in [-0.25, -0.2) is 0 Å². The van der Waals surface area contributed by atoms with E-state index in [9.17, 15) is 0 Å². The van der Waals surface area contributed by atoms with Gasteiger partial charge in [-0.3, -0.25) is 0 Å². The molecule has 1 aliphatic carbocycles. The SMILES string of the molecule is CC1CC1.CCCN.Cl.Cl. The summed E-state index contributed by atoms with van der Waals surface area (Å²) in [5, 5.41) is 0. The maximum atomic E-state index is 5.03. The Labute approximate surface area is 76.6 Å². The second-order valence-electron chi connectivity index (χ2n) is 2.47. The number of hydrogen-bond acceptors (Lipinski definition) is 1. The smallest absolute Gasteiger partial charge is 0.00799 e. The van der Waals surface area contributed by atoms with Crippen LogP contribution < -0.4 is 5.73 Å². The van der Waals surface area contributed by atoms with Crippen molar-refractivity contribution in [1.82, 2.24) is 0 Å². The van der Waals surface area contributed by atoms with Gasteiger partial charge in [-0.15, -0.1) is 24.8 Å². The van der Waals surface area contributed by atoms with Crippen molar-refractivity contribution in [3.05, 3.63) is 0 Å². The first-order valence-electron chi connectivity index (χ1n) is 3.51. The Kier molecular flexibility index (Phi) is 20.6. The largest absolute Gasteiger partial charge is 0.330 e. The van der Waals surface area contributed by atoms with E-state index in [4.69, 9.17) is 5.73 Å². The number of nitrogens with two attached hydrogens (primary N) is 1. The molecule has 0 aromatic carbocycles. The van der Waals surface area contributed by atoms with Crippen LogP contribution in [0.3, 0.4) is 0 Å². The molecule has 0 spiro atoms. The van der Waals surface area contributed by atoms with E-state index in [-0.39, 0.29) is 24.8 Å². The number of hydrogen-bond donors (Lipinski definition) is 1. The van der Waals surface area contributed by atoms with Crippen LogP contribution in [0.15, 0.2) is 0 Å². The zero-order valence-corrected chi connectivity index (χ0v) is 8.43. The Morgan fingerprint density at radius 2 is 1.50 bits per heavy atom. The molecule has 1 saturated carbocycles. The van der Waals surface area contributed by atoms with E-state index in [1.807, 2.05) is 0 Å². The van der Waals surface area contributed by atoms with E-state index in [1.54, 1.807) is 0 Å². The highest BCUT2D eigenvalue weighted by molar-refractivity contribution is 5.85. The van der Waals surface area contributed by atoms with Crippen LogP contribution >= 0.6 is 24.8 Å². The van der Waals surface area contributed by atoms with Crippen LogP contribution in [0.4, 0.5) is 0 Å². The van der Waals surface area contributed by atoms with Crippen LogP contribution in [-0.2, 0) is 0 Å². The van der Waals surface area contributed by atoms with Crippen molar-refractivity contribution in [2.75, 3.05) is 6.54 Å². The molecule has 0 aromatic heterocycles. The van der Waals surface area contributed by atoms with Crippen molar-refractivity contribution in [2.24, 2.45) is 11.7 Å². The molecule has 0 atom stereocenters. The molecule has 0 saturated heterocycles. The van der Waals surface area contributed by atoms with E-state index in [2.05, 4.69) is 13.8 Å². The van der Waals surface area contributed by atoms with E-state index in [1.165, 1.54) is 12.8 Å². The lowest BCUT2D eigenvalue weighted by Crippen LogP contribution is -1.93. The minimum Gasteiger partial charge on any atom is -0.330 e. The van der Waals surface area contributed by atoms with Gasteiger partial charge in [-0.05, 0) is 18.9 Å². The van der Waals surface area contributed by atoms with Gasteiger partial charge in [-0.2, -0.15) is 0 Å². The fourth-order valence-electron chi connectivity index (χ4n) is 0.167. The highest BCUT2D eigenvalue weighted by Crippen LogP contribution is 2.26. The van der Waals surface area contributed by atoms with Crippen molar-refractivity contribution in [1.29, 1.82) is 0 Å². The third-order valence-electron chi connectivity index (χ3n) is 1.15. The number of halogens is 2. The Morgan fingerprint density at radius 3 is 1.50 bits per heavy atom. The predicted molar refractivity (Wildman–Crippen MR) is 52.2 cm³/mol. The Hall–Kier alpha value is 0.540. The van der Waals surface area contributed by atoms with Crippen LogP contribution in [0.2, 0.25) is 0 Å². The van der Waals surface area contributed by atoms with Crippen molar-refractivity contribution >= 4 is 24.8 Å². The van der Waals surface area contributed by atoms with E-state index >= 15 is 0 Å². The Balaban J connectivity index is -0.0000000817. The maximum absolute atomic E-state index is 5.03. The predicted octanol–water partition coefficient (Wildman–Crippen LogP) is 2.62. The third-order valence-corrected chi connectivity index (χ3v) is 1.15. The van der Waals surface area contributed by atoms with Crippen molar-refractivity contribution in [3.63, 3.8) is 0 Å². The number of rotatable bonds is 1. The van der Waals surface area contributed by atoms with Gasteiger partial charge in [0.15, 0.2) is 0 Å². The van der Waals surface area contributed by atoms with E-state index in [0.717, 1.165) is 18.9 Å². The van der Waals surface area contributed by atoms with Gasteiger partial charge < -0.3 is 5.73 Å². The van der Waals surface area contributed by atoms with Gasteiger partial charge in [0, 0.05) is 0 Å². The molecule has 0 aromatic rings. The molecule has 0 unspecified atom stereocenters. The second kappa shape index (κ2) is 12.2. The molecule has 1 nitrogen and oxygen atoms in total. The molecule has 66 valence electrons. The van der Waals surface area contributed by atoms with Crippen LogP contribution in [0.5, 0.6) is 0 Å². The lowest BCUT2D eigenvalue weighted by molar-refractivity contribution is 0.932. The monoisotopic (exact) mass is 187 g/mol. The summed E-state index contributed by atoms with van der Waals surface area (Å²) >= 11 is 0. The first kappa shape index (κ1) is 16.9. The molecular formula is C7H19Cl2N. The van der Waals surface area contributed by atoms with Gasteiger partial charge >= 0.3 is 0 Å². The summed E-state index contributed by atoms with van der Waals surface area (Å²) in [6, 6.07) is 0. The van der Waals surface area contributed by atoms with E-state index in [0.29, 0.717) is 0 Å². The molecule has 0 radical (unpaired) electrons. The zero-order chi connectivity index (χ0) is 6.41. The molecule has 10 heavy (non-hydrogen) atoms. The summed E-state index contributed by atoms with van der Waals surface area (Å²) in [5.74, 6) is 1.08. The van der Waals surface area contributed by atoms with Crippen molar-refractivity contribution in [2.45, 2.75) is 33.1 Å². The van der Waals surface area contributed by atoms with Crippen LogP contribution in [0, 0.1) is 5.92 Å². The summed E-state index contributed by atoms with van der Waals surface area (Å²) in [7, 11) is 0. The maximum Gasteiger partial charge on any atom is -0.00799 e. The van der Waals surface area contributed by atoms with Crippen LogP contribution in [-0.4, -0.2) is 6.54 Å². The molecule has 0 amide bonds. The highest BCUT2D eigenvalue weighted by Gasteiger charge is 2.12. The fourth-order valence-corrected chi connectivity index (χ4v) is 0.167. The summed E-state index contributed by atoms with van der Waals surface area (Å²) in [5.41, 5.74) is 5.03. The topological polar surface area (TPSA) is 26.0 Å². The Morgan fingerprint density at radius 1 is 1.30 bits per heavy atom. The summed E-state index contributed by atoms with van der Waals surface area (Å²) in [6.07, 6.45) is 4.07. The molecule has 2 N–H and O–H groups in total. The molecule has 1 aliphatic rings. The summed E-state index contributed by atoms with van der Waals surface area (Å²) in [4.78, 5) is 0. The van der Waals surface area contributed by atoms with Gasteiger partial charge in [0.1, 0.15) is 0 Å². The molecular weight excluding hydrogens is 169 g/mol.